The number of halogens is 1. The molecule has 2 saturated heterocycles. The predicted octanol–water partition coefficient (Wildman–Crippen LogP) is 1.74. The van der Waals surface area contributed by atoms with Gasteiger partial charge in [-0.1, -0.05) is 6.42 Å². The van der Waals surface area contributed by atoms with Gasteiger partial charge in [0.05, 0.1) is 6.20 Å². The van der Waals surface area contributed by atoms with E-state index in [0.29, 0.717) is 17.9 Å². The Balaban J connectivity index is 0.000000540. The fraction of sp³-hybridized carbons (Fsp3) is 0.647. The average molecular weight is 385 g/mol. The van der Waals surface area contributed by atoms with E-state index in [-0.39, 0.29) is 18.8 Å². The Morgan fingerprint density at radius 2 is 1.89 bits per heavy atom. The maximum absolute atomic E-state index is 13.4. The van der Waals surface area contributed by atoms with E-state index >= 15 is 0 Å². The fourth-order valence-electron chi connectivity index (χ4n) is 3.67. The Morgan fingerprint density at radius 3 is 2.56 bits per heavy atom. The Kier molecular flexibility index (Phi) is 10.7. The lowest BCUT2D eigenvalue weighted by Gasteiger charge is -2.44. The second-order valence-corrected chi connectivity index (χ2v) is 6.23. The molecule has 0 bridgehead atoms. The molecule has 1 aromatic heterocycles. The van der Waals surface area contributed by atoms with E-state index in [1.165, 1.54) is 51.4 Å². The van der Waals surface area contributed by atoms with Crippen LogP contribution in [0.1, 0.15) is 32.1 Å². The normalized spacial score (nSPS) is 21.3. The van der Waals surface area contributed by atoms with Gasteiger partial charge in [-0.2, -0.15) is 4.98 Å². The molecule has 3 rings (SSSR count). The average Bonchev–Trinajstić information content (AvgIpc) is 2.68. The van der Waals surface area contributed by atoms with Crippen molar-refractivity contribution in [3.8, 4) is 0 Å². The lowest BCUT2D eigenvalue weighted by Crippen LogP contribution is -2.49. The zero-order valence-corrected chi connectivity index (χ0v) is 15.5. The summed E-state index contributed by atoms with van der Waals surface area (Å²) in [5.41, 5.74) is 0. The number of hydrogen-bond donors (Lipinski definition) is 4. The van der Waals surface area contributed by atoms with Gasteiger partial charge in [0.1, 0.15) is 0 Å². The molecule has 3 heterocycles. The third-order valence-corrected chi connectivity index (χ3v) is 4.73. The summed E-state index contributed by atoms with van der Waals surface area (Å²) in [6.07, 6.45) is 7.73. The number of hydrogen-bond acceptors (Lipinski definition) is 7. The molecule has 2 aliphatic rings. The number of nitrogens with one attached hydrogen (secondary N) is 2. The van der Waals surface area contributed by atoms with Crippen molar-refractivity contribution < 1.29 is 24.2 Å². The first-order valence-corrected chi connectivity index (χ1v) is 8.95. The molecule has 0 amide bonds. The summed E-state index contributed by atoms with van der Waals surface area (Å²) in [6.45, 7) is 2.87. The van der Waals surface area contributed by atoms with Crippen LogP contribution in [0.2, 0.25) is 0 Å². The van der Waals surface area contributed by atoms with Crippen LogP contribution in [0.15, 0.2) is 6.20 Å². The maximum atomic E-state index is 13.4. The molecular weight excluding hydrogens is 357 g/mol. The summed E-state index contributed by atoms with van der Waals surface area (Å²) in [6, 6.07) is 0.698. The summed E-state index contributed by atoms with van der Waals surface area (Å²) >= 11 is 0. The second-order valence-electron chi connectivity index (χ2n) is 6.23. The molecule has 0 unspecified atom stereocenters. The molecule has 27 heavy (non-hydrogen) atoms. The van der Waals surface area contributed by atoms with Crippen molar-refractivity contribution in [3.63, 3.8) is 0 Å². The monoisotopic (exact) mass is 385 g/mol. The molecule has 0 saturated carbocycles. The van der Waals surface area contributed by atoms with E-state index < -0.39 is 5.82 Å². The van der Waals surface area contributed by atoms with Crippen LogP contribution in [-0.4, -0.2) is 70.7 Å². The third kappa shape index (κ3) is 7.33. The van der Waals surface area contributed by atoms with Crippen molar-refractivity contribution >= 4 is 24.7 Å². The van der Waals surface area contributed by atoms with Crippen LogP contribution in [0, 0.1) is 11.7 Å². The molecule has 0 spiro atoms. The van der Waals surface area contributed by atoms with Gasteiger partial charge in [-0.3, -0.25) is 9.59 Å². The van der Waals surface area contributed by atoms with Crippen LogP contribution in [0.25, 0.3) is 0 Å². The highest BCUT2D eigenvalue weighted by Gasteiger charge is 2.32. The fourth-order valence-corrected chi connectivity index (χ4v) is 3.67. The molecule has 10 heteroatoms. The summed E-state index contributed by atoms with van der Waals surface area (Å²) in [5, 5.41) is 19.8. The summed E-state index contributed by atoms with van der Waals surface area (Å²) in [4.78, 5) is 27.5. The molecule has 1 aromatic rings. The number of rotatable bonds is 4. The Labute approximate surface area is 158 Å². The highest BCUT2D eigenvalue weighted by molar-refractivity contribution is 5.40. The van der Waals surface area contributed by atoms with Crippen molar-refractivity contribution in [2.45, 2.75) is 38.1 Å². The Morgan fingerprint density at radius 1 is 1.22 bits per heavy atom. The summed E-state index contributed by atoms with van der Waals surface area (Å²) in [7, 11) is 1.66. The molecule has 0 aromatic carbocycles. The van der Waals surface area contributed by atoms with Crippen LogP contribution in [0.4, 0.5) is 16.2 Å². The number of anilines is 2. The van der Waals surface area contributed by atoms with Crippen LogP contribution >= 0.6 is 0 Å². The van der Waals surface area contributed by atoms with E-state index in [2.05, 4.69) is 25.5 Å². The van der Waals surface area contributed by atoms with E-state index in [1.54, 1.807) is 7.05 Å². The van der Waals surface area contributed by atoms with Gasteiger partial charge in [-0.25, -0.2) is 9.37 Å². The largest absolute Gasteiger partial charge is 0.483 e. The lowest BCUT2D eigenvalue weighted by atomic mass is 9.83. The van der Waals surface area contributed by atoms with Gasteiger partial charge in [0, 0.05) is 19.6 Å². The van der Waals surface area contributed by atoms with Crippen molar-refractivity contribution in [2.24, 2.45) is 5.92 Å². The minimum absolute atomic E-state index is 0.246. The predicted molar refractivity (Wildman–Crippen MR) is 99.3 cm³/mol. The van der Waals surface area contributed by atoms with Gasteiger partial charge in [0.15, 0.2) is 11.6 Å². The minimum atomic E-state index is -0.417. The SMILES string of the molecule is CNc1nc(NC[C@@H]2CCCN3CCCC[C@H]23)ncc1F.O=CO.O=CO. The first kappa shape index (κ1) is 22.6. The standard InChI is InChI=1S/C15H24FN5.2CH2O2/c1-17-14-12(16)10-19-15(20-14)18-9-11-5-4-8-21-7-3-2-6-13(11)21;2*2-1-3/h10-11,13H,2-9H2,1H3,(H2,17,18,19,20);2*1H,(H,2,3)/t11-,13+;;/m0../s1. The highest BCUT2D eigenvalue weighted by Crippen LogP contribution is 2.30. The molecule has 0 aliphatic carbocycles. The lowest BCUT2D eigenvalue weighted by molar-refractivity contribution is -0.123. The highest BCUT2D eigenvalue weighted by atomic mass is 19.1. The summed E-state index contributed by atoms with van der Waals surface area (Å²) < 4.78 is 13.4. The molecule has 2 fully saturated rings. The number of carbonyl (C=O) groups is 2. The number of aromatic nitrogens is 2. The summed E-state index contributed by atoms with van der Waals surface area (Å²) in [5.74, 6) is 0.981. The molecule has 2 atom stereocenters. The van der Waals surface area contributed by atoms with Crippen molar-refractivity contribution in [1.82, 2.24) is 14.9 Å². The van der Waals surface area contributed by atoms with E-state index in [4.69, 9.17) is 19.8 Å². The van der Waals surface area contributed by atoms with E-state index in [1.807, 2.05) is 0 Å². The molecular formula is C17H28FN5O4. The zero-order valence-electron chi connectivity index (χ0n) is 15.5. The van der Waals surface area contributed by atoms with Crippen molar-refractivity contribution in [2.75, 3.05) is 37.3 Å². The minimum Gasteiger partial charge on any atom is -0.483 e. The van der Waals surface area contributed by atoms with Gasteiger partial charge in [0.2, 0.25) is 5.95 Å². The van der Waals surface area contributed by atoms with Gasteiger partial charge < -0.3 is 25.7 Å². The number of fused-ring (bicyclic) bond motifs is 1. The topological polar surface area (TPSA) is 128 Å². The van der Waals surface area contributed by atoms with Gasteiger partial charge in [0.25, 0.3) is 12.9 Å². The van der Waals surface area contributed by atoms with Gasteiger partial charge in [-0.05, 0) is 44.7 Å². The third-order valence-electron chi connectivity index (χ3n) is 4.73. The van der Waals surface area contributed by atoms with Gasteiger partial charge in [-0.15, -0.1) is 0 Å². The maximum Gasteiger partial charge on any atom is 0.290 e. The zero-order chi connectivity index (χ0) is 20.1. The number of piperidine rings is 2. The van der Waals surface area contributed by atoms with E-state index in [9.17, 15) is 4.39 Å². The van der Waals surface area contributed by atoms with E-state index in [0.717, 1.165) is 6.54 Å². The molecule has 9 nitrogen and oxygen atoms in total. The van der Waals surface area contributed by atoms with Crippen LogP contribution in [0.3, 0.4) is 0 Å². The van der Waals surface area contributed by atoms with Crippen LogP contribution in [-0.2, 0) is 9.59 Å². The molecule has 4 N–H and O–H groups in total. The quantitative estimate of drug-likeness (QED) is 0.573. The molecule has 2 aliphatic heterocycles. The Bertz CT molecular complexity index is 570. The second kappa shape index (κ2) is 12.8. The number of nitrogens with zero attached hydrogens (tertiary/aromatic N) is 3. The Hall–Kier alpha value is -2.49. The molecule has 152 valence electrons. The van der Waals surface area contributed by atoms with Gasteiger partial charge >= 0.3 is 0 Å². The first-order chi connectivity index (χ1) is 13.1. The molecule has 0 radical (unpaired) electrons. The van der Waals surface area contributed by atoms with Crippen molar-refractivity contribution in [1.29, 1.82) is 0 Å². The smallest absolute Gasteiger partial charge is 0.290 e. The van der Waals surface area contributed by atoms with Crippen molar-refractivity contribution in [3.05, 3.63) is 12.0 Å². The first-order valence-electron chi connectivity index (χ1n) is 8.95. The van der Waals surface area contributed by atoms with Crippen LogP contribution in [0.5, 0.6) is 0 Å². The van der Waals surface area contributed by atoms with Crippen LogP contribution < -0.4 is 10.6 Å². The number of carboxylic acid groups (broad SMARTS) is 2.